The highest BCUT2D eigenvalue weighted by atomic mass is 35.5. The number of nitrogens with one attached hydrogen (secondary N) is 1. The molecule has 7 nitrogen and oxygen atoms in total. The highest BCUT2D eigenvalue weighted by Gasteiger charge is 2.34. The third-order valence-corrected chi connectivity index (χ3v) is 5.30. The van der Waals surface area contributed by atoms with Gasteiger partial charge in [-0.1, -0.05) is 23.7 Å². The third-order valence-electron chi connectivity index (χ3n) is 4.98. The molecular weight excluding hydrogens is 356 g/mol. The van der Waals surface area contributed by atoms with E-state index in [4.69, 9.17) is 16.7 Å². The second kappa shape index (κ2) is 6.72. The average molecular weight is 375 g/mol. The van der Waals surface area contributed by atoms with Crippen LogP contribution in [0.3, 0.4) is 0 Å². The zero-order valence-corrected chi connectivity index (χ0v) is 14.8. The summed E-state index contributed by atoms with van der Waals surface area (Å²) in [6.45, 7) is 0. The van der Waals surface area contributed by atoms with E-state index < -0.39 is 11.9 Å². The van der Waals surface area contributed by atoms with Crippen molar-refractivity contribution < 1.29 is 14.7 Å². The Bertz CT molecular complexity index is 862. The molecule has 1 aromatic heterocycles. The SMILES string of the molecule is O=C(N[C@H]1CC[C@@H](C(=O)O)C1)c1nc(C2CC2)n(-c2ccccc2Cl)n1. The number of hydrogen-bond acceptors (Lipinski definition) is 4. The normalized spacial score (nSPS) is 22.3. The summed E-state index contributed by atoms with van der Waals surface area (Å²) < 4.78 is 1.66. The van der Waals surface area contributed by atoms with Gasteiger partial charge < -0.3 is 10.4 Å². The summed E-state index contributed by atoms with van der Waals surface area (Å²) in [6, 6.07) is 7.18. The average Bonchev–Trinajstić information content (AvgIpc) is 3.18. The fraction of sp³-hybridized carbons (Fsp3) is 0.444. The molecule has 1 aromatic carbocycles. The first-order valence-electron chi connectivity index (χ1n) is 8.78. The van der Waals surface area contributed by atoms with Crippen molar-refractivity contribution in [2.45, 2.75) is 44.1 Å². The maximum atomic E-state index is 12.6. The minimum Gasteiger partial charge on any atom is -0.481 e. The highest BCUT2D eigenvalue weighted by Crippen LogP contribution is 2.40. The van der Waals surface area contributed by atoms with Crippen molar-refractivity contribution in [3.8, 4) is 5.69 Å². The molecule has 2 atom stereocenters. The van der Waals surface area contributed by atoms with E-state index >= 15 is 0 Å². The Labute approximate surface area is 155 Å². The lowest BCUT2D eigenvalue weighted by Gasteiger charge is -2.10. The number of carboxylic acids is 1. The molecule has 0 unspecified atom stereocenters. The molecule has 2 aliphatic carbocycles. The van der Waals surface area contributed by atoms with Gasteiger partial charge in [0.1, 0.15) is 5.82 Å². The van der Waals surface area contributed by atoms with Gasteiger partial charge in [-0.3, -0.25) is 9.59 Å². The molecule has 2 saturated carbocycles. The van der Waals surface area contributed by atoms with Gasteiger partial charge in [-0.05, 0) is 44.2 Å². The van der Waals surface area contributed by atoms with Crippen LogP contribution in [0.15, 0.2) is 24.3 Å². The molecular formula is C18H19ClN4O3. The Morgan fingerprint density at radius 2 is 1.96 bits per heavy atom. The predicted molar refractivity (Wildman–Crippen MR) is 94.6 cm³/mol. The van der Waals surface area contributed by atoms with Gasteiger partial charge >= 0.3 is 5.97 Å². The second-order valence-electron chi connectivity index (χ2n) is 6.95. The van der Waals surface area contributed by atoms with Crippen LogP contribution in [0.2, 0.25) is 5.02 Å². The van der Waals surface area contributed by atoms with Crippen LogP contribution in [0, 0.1) is 5.92 Å². The van der Waals surface area contributed by atoms with Crippen LogP contribution in [0.4, 0.5) is 0 Å². The van der Waals surface area contributed by atoms with Crippen LogP contribution in [0.25, 0.3) is 5.69 Å². The molecule has 0 bridgehead atoms. The molecule has 2 aromatic rings. The number of hydrogen-bond donors (Lipinski definition) is 2. The number of halogens is 1. The molecule has 2 N–H and O–H groups in total. The van der Waals surface area contributed by atoms with Crippen molar-refractivity contribution in [1.29, 1.82) is 0 Å². The molecule has 0 aliphatic heterocycles. The summed E-state index contributed by atoms with van der Waals surface area (Å²) in [5, 5.41) is 16.9. The van der Waals surface area contributed by atoms with Crippen LogP contribution in [0.1, 0.15) is 54.5 Å². The van der Waals surface area contributed by atoms with Gasteiger partial charge in [0.25, 0.3) is 5.91 Å². The van der Waals surface area contributed by atoms with E-state index in [0.717, 1.165) is 18.7 Å². The van der Waals surface area contributed by atoms with Gasteiger partial charge in [0, 0.05) is 12.0 Å². The maximum absolute atomic E-state index is 12.6. The third kappa shape index (κ3) is 3.31. The number of carbonyl (C=O) groups excluding carboxylic acids is 1. The van der Waals surface area contributed by atoms with E-state index in [2.05, 4.69) is 15.4 Å². The first kappa shape index (κ1) is 17.0. The Morgan fingerprint density at radius 1 is 1.19 bits per heavy atom. The first-order chi connectivity index (χ1) is 12.5. The lowest BCUT2D eigenvalue weighted by Crippen LogP contribution is -2.34. The highest BCUT2D eigenvalue weighted by molar-refractivity contribution is 6.32. The number of para-hydroxylation sites is 1. The van der Waals surface area contributed by atoms with E-state index in [1.165, 1.54) is 0 Å². The fourth-order valence-electron chi connectivity index (χ4n) is 3.41. The second-order valence-corrected chi connectivity index (χ2v) is 7.36. The van der Waals surface area contributed by atoms with Crippen molar-refractivity contribution in [1.82, 2.24) is 20.1 Å². The molecule has 0 radical (unpaired) electrons. The van der Waals surface area contributed by atoms with Crippen LogP contribution in [-0.2, 0) is 4.79 Å². The number of amides is 1. The molecule has 26 heavy (non-hydrogen) atoms. The van der Waals surface area contributed by atoms with Crippen LogP contribution >= 0.6 is 11.6 Å². The smallest absolute Gasteiger partial charge is 0.306 e. The minimum atomic E-state index is -0.807. The van der Waals surface area contributed by atoms with Crippen molar-refractivity contribution in [3.63, 3.8) is 0 Å². The summed E-state index contributed by atoms with van der Waals surface area (Å²) in [4.78, 5) is 28.1. The van der Waals surface area contributed by atoms with E-state index in [1.54, 1.807) is 10.7 Å². The summed E-state index contributed by atoms with van der Waals surface area (Å²) in [5.74, 6) is -0.421. The molecule has 8 heteroatoms. The van der Waals surface area contributed by atoms with Gasteiger partial charge in [0.2, 0.25) is 5.82 Å². The molecule has 2 fully saturated rings. The summed E-state index contributed by atoms with van der Waals surface area (Å²) >= 11 is 6.28. The number of aromatic nitrogens is 3. The van der Waals surface area contributed by atoms with E-state index in [0.29, 0.717) is 35.9 Å². The number of rotatable bonds is 5. The zero-order valence-electron chi connectivity index (χ0n) is 14.1. The van der Waals surface area contributed by atoms with Gasteiger partial charge in [-0.25, -0.2) is 9.67 Å². The number of benzene rings is 1. The van der Waals surface area contributed by atoms with Crippen LogP contribution in [-0.4, -0.2) is 37.8 Å². The lowest BCUT2D eigenvalue weighted by molar-refractivity contribution is -0.141. The predicted octanol–water partition coefficient (Wildman–Crippen LogP) is 2.78. The number of carbonyl (C=O) groups is 2. The van der Waals surface area contributed by atoms with Crippen LogP contribution < -0.4 is 5.32 Å². The topological polar surface area (TPSA) is 97.1 Å². The number of nitrogens with zero attached hydrogens (tertiary/aromatic N) is 3. The van der Waals surface area contributed by atoms with E-state index in [1.807, 2.05) is 18.2 Å². The van der Waals surface area contributed by atoms with Crippen molar-refractivity contribution in [3.05, 3.63) is 40.9 Å². The largest absolute Gasteiger partial charge is 0.481 e. The van der Waals surface area contributed by atoms with Crippen molar-refractivity contribution in [2.75, 3.05) is 0 Å². The summed E-state index contributed by atoms with van der Waals surface area (Å²) in [6.07, 6.45) is 3.72. The molecule has 1 heterocycles. The van der Waals surface area contributed by atoms with Gasteiger partial charge in [-0.2, -0.15) is 0 Å². The monoisotopic (exact) mass is 374 g/mol. The summed E-state index contributed by atoms with van der Waals surface area (Å²) in [7, 11) is 0. The Kier molecular flexibility index (Phi) is 4.40. The van der Waals surface area contributed by atoms with Gasteiger partial charge in [-0.15, -0.1) is 5.10 Å². The minimum absolute atomic E-state index is 0.102. The molecule has 4 rings (SSSR count). The molecule has 1 amide bonds. The van der Waals surface area contributed by atoms with E-state index in [-0.39, 0.29) is 17.8 Å². The number of carboxylic acid groups (broad SMARTS) is 1. The van der Waals surface area contributed by atoms with E-state index in [9.17, 15) is 9.59 Å². The fourth-order valence-corrected chi connectivity index (χ4v) is 3.63. The number of aliphatic carboxylic acids is 1. The Morgan fingerprint density at radius 3 is 2.62 bits per heavy atom. The zero-order chi connectivity index (χ0) is 18.3. The quantitative estimate of drug-likeness (QED) is 0.838. The lowest BCUT2D eigenvalue weighted by atomic mass is 10.1. The van der Waals surface area contributed by atoms with Crippen LogP contribution in [0.5, 0.6) is 0 Å². The Balaban J connectivity index is 1.56. The first-order valence-corrected chi connectivity index (χ1v) is 9.16. The van der Waals surface area contributed by atoms with Crippen molar-refractivity contribution >= 4 is 23.5 Å². The van der Waals surface area contributed by atoms with Gasteiger partial charge in [0.05, 0.1) is 16.6 Å². The Hall–Kier alpha value is -2.41. The molecule has 2 aliphatic rings. The molecule has 0 spiro atoms. The van der Waals surface area contributed by atoms with Crippen molar-refractivity contribution in [2.24, 2.45) is 5.92 Å². The molecule has 136 valence electrons. The molecule has 0 saturated heterocycles. The maximum Gasteiger partial charge on any atom is 0.306 e. The standard InChI is InChI=1S/C18H19ClN4O3/c19-13-3-1-2-4-14(13)23-16(10-5-6-10)21-15(22-23)17(24)20-12-8-7-11(9-12)18(25)26/h1-4,10-12H,5-9H2,(H,20,24)(H,25,26)/t11-,12+/m1/s1. The van der Waals surface area contributed by atoms with Gasteiger partial charge in [0.15, 0.2) is 0 Å². The summed E-state index contributed by atoms with van der Waals surface area (Å²) in [5.41, 5.74) is 0.703.